The van der Waals surface area contributed by atoms with Crippen LogP contribution in [0.2, 0.25) is 0 Å². The molecule has 4 nitrogen and oxygen atoms in total. The van der Waals surface area contributed by atoms with E-state index in [1.165, 1.54) is 16.8 Å². The second-order valence-corrected chi connectivity index (χ2v) is 7.82. The number of nitrogens with two attached hydrogens (primary N) is 1. The van der Waals surface area contributed by atoms with E-state index in [9.17, 15) is 8.42 Å². The summed E-state index contributed by atoms with van der Waals surface area (Å²) < 4.78 is 27.4. The van der Waals surface area contributed by atoms with Gasteiger partial charge in [0.2, 0.25) is 10.0 Å². The van der Waals surface area contributed by atoms with Gasteiger partial charge in [0.15, 0.2) is 0 Å². The lowest BCUT2D eigenvalue weighted by Gasteiger charge is -2.30. The Morgan fingerprint density at radius 2 is 1.89 bits per heavy atom. The fourth-order valence-electron chi connectivity index (χ4n) is 2.51. The van der Waals surface area contributed by atoms with Gasteiger partial charge in [-0.15, -0.1) is 0 Å². The van der Waals surface area contributed by atoms with Crippen LogP contribution in [0.1, 0.15) is 32.1 Å². The van der Waals surface area contributed by atoms with Crippen LogP contribution >= 0.6 is 15.9 Å². The number of anilines is 1. The zero-order valence-corrected chi connectivity index (χ0v) is 13.4. The minimum atomic E-state index is -3.49. The van der Waals surface area contributed by atoms with Crippen molar-refractivity contribution in [1.82, 2.24) is 4.31 Å². The predicted octanol–water partition coefficient (Wildman–Crippen LogP) is 2.98. The Labute approximate surface area is 123 Å². The normalized spacial score (nSPS) is 17.8. The first-order chi connectivity index (χ1) is 8.93. The summed E-state index contributed by atoms with van der Waals surface area (Å²) in [6.45, 7) is 0. The number of halogens is 1. The van der Waals surface area contributed by atoms with Crippen molar-refractivity contribution in [1.29, 1.82) is 0 Å². The average molecular weight is 347 g/mol. The van der Waals surface area contributed by atoms with Gasteiger partial charge in [-0.1, -0.05) is 19.3 Å². The van der Waals surface area contributed by atoms with Crippen LogP contribution in [0.15, 0.2) is 27.6 Å². The number of nitrogen functional groups attached to an aromatic ring is 1. The van der Waals surface area contributed by atoms with Gasteiger partial charge in [-0.2, -0.15) is 4.31 Å². The van der Waals surface area contributed by atoms with Crippen molar-refractivity contribution >= 4 is 31.6 Å². The highest BCUT2D eigenvalue weighted by Crippen LogP contribution is 2.30. The molecule has 1 aliphatic carbocycles. The summed E-state index contributed by atoms with van der Waals surface area (Å²) in [5.74, 6) is 0. The smallest absolute Gasteiger partial charge is 0.244 e. The van der Waals surface area contributed by atoms with Gasteiger partial charge in [0.05, 0.1) is 4.90 Å². The quantitative estimate of drug-likeness (QED) is 0.855. The van der Waals surface area contributed by atoms with E-state index in [2.05, 4.69) is 15.9 Å². The maximum absolute atomic E-state index is 12.6. The van der Waals surface area contributed by atoms with Gasteiger partial charge >= 0.3 is 0 Å². The summed E-state index contributed by atoms with van der Waals surface area (Å²) in [6.07, 6.45) is 5.28. The fraction of sp³-hybridized carbons (Fsp3) is 0.538. The lowest BCUT2D eigenvalue weighted by molar-refractivity contribution is 0.285. The molecule has 1 aromatic carbocycles. The SMILES string of the molecule is CN(C1CCCCC1)S(=O)(=O)c1cc(N)ccc1Br. The van der Waals surface area contributed by atoms with Gasteiger partial charge in [0.1, 0.15) is 0 Å². The first kappa shape index (κ1) is 14.8. The molecule has 0 heterocycles. The molecule has 0 amide bonds. The second kappa shape index (κ2) is 5.81. The molecule has 1 aromatic rings. The monoisotopic (exact) mass is 346 g/mol. The molecule has 0 unspecified atom stereocenters. The minimum Gasteiger partial charge on any atom is -0.399 e. The molecule has 0 atom stereocenters. The Bertz CT molecular complexity index is 554. The Hall–Kier alpha value is -0.590. The van der Waals surface area contributed by atoms with Crippen LogP contribution in [-0.4, -0.2) is 25.8 Å². The van der Waals surface area contributed by atoms with Crippen molar-refractivity contribution in [3.63, 3.8) is 0 Å². The van der Waals surface area contributed by atoms with Gasteiger partial charge in [-0.05, 0) is 47.0 Å². The number of rotatable bonds is 3. The zero-order chi connectivity index (χ0) is 14.0. The van der Waals surface area contributed by atoms with E-state index in [-0.39, 0.29) is 10.9 Å². The van der Waals surface area contributed by atoms with Crippen LogP contribution in [-0.2, 0) is 10.0 Å². The molecule has 1 saturated carbocycles. The molecule has 1 aliphatic rings. The standard InChI is InChI=1S/C13H19BrN2O2S/c1-16(11-5-3-2-4-6-11)19(17,18)13-9-10(15)7-8-12(13)14/h7-9,11H,2-6,15H2,1H3. The van der Waals surface area contributed by atoms with Crippen molar-refractivity contribution in [2.45, 2.75) is 43.0 Å². The Kier molecular flexibility index (Phi) is 4.53. The highest BCUT2D eigenvalue weighted by molar-refractivity contribution is 9.10. The minimum absolute atomic E-state index is 0.104. The number of hydrogen-bond acceptors (Lipinski definition) is 3. The first-order valence-electron chi connectivity index (χ1n) is 6.46. The van der Waals surface area contributed by atoms with Crippen molar-refractivity contribution in [3.05, 3.63) is 22.7 Å². The highest BCUT2D eigenvalue weighted by Gasteiger charge is 2.30. The first-order valence-corrected chi connectivity index (χ1v) is 8.69. The largest absolute Gasteiger partial charge is 0.399 e. The third kappa shape index (κ3) is 3.12. The molecule has 0 aliphatic heterocycles. The maximum Gasteiger partial charge on any atom is 0.244 e. The van der Waals surface area contributed by atoms with Crippen molar-refractivity contribution in [2.75, 3.05) is 12.8 Å². The van der Waals surface area contributed by atoms with Crippen LogP contribution in [0.4, 0.5) is 5.69 Å². The Balaban J connectivity index is 2.33. The molecule has 6 heteroatoms. The maximum atomic E-state index is 12.6. The number of benzene rings is 1. The van der Waals surface area contributed by atoms with Gasteiger partial charge in [-0.3, -0.25) is 0 Å². The van der Waals surface area contributed by atoms with E-state index in [1.54, 1.807) is 19.2 Å². The Morgan fingerprint density at radius 1 is 1.26 bits per heavy atom. The number of sulfonamides is 1. The third-order valence-corrected chi connectivity index (χ3v) is 6.61. The van der Waals surface area contributed by atoms with Crippen molar-refractivity contribution < 1.29 is 8.42 Å². The van der Waals surface area contributed by atoms with Gasteiger partial charge in [-0.25, -0.2) is 8.42 Å². The molecule has 1 fully saturated rings. The van der Waals surface area contributed by atoms with Gasteiger partial charge < -0.3 is 5.73 Å². The fourth-order valence-corrected chi connectivity index (χ4v) is 4.89. The lowest BCUT2D eigenvalue weighted by atomic mass is 9.96. The van der Waals surface area contributed by atoms with Crippen LogP contribution in [0.5, 0.6) is 0 Å². The highest BCUT2D eigenvalue weighted by atomic mass is 79.9. The number of hydrogen-bond donors (Lipinski definition) is 1. The van der Waals surface area contributed by atoms with Crippen LogP contribution < -0.4 is 5.73 Å². The zero-order valence-electron chi connectivity index (χ0n) is 11.0. The van der Waals surface area contributed by atoms with E-state index in [0.29, 0.717) is 10.2 Å². The van der Waals surface area contributed by atoms with Crippen LogP contribution in [0.3, 0.4) is 0 Å². The van der Waals surface area contributed by atoms with Gasteiger partial charge in [0.25, 0.3) is 0 Å². The molecule has 0 spiro atoms. The lowest BCUT2D eigenvalue weighted by Crippen LogP contribution is -2.38. The average Bonchev–Trinajstić information content (AvgIpc) is 2.41. The van der Waals surface area contributed by atoms with E-state index in [1.807, 2.05) is 0 Å². The topological polar surface area (TPSA) is 63.4 Å². The van der Waals surface area contributed by atoms with E-state index in [4.69, 9.17) is 5.73 Å². The number of nitrogens with zero attached hydrogens (tertiary/aromatic N) is 1. The summed E-state index contributed by atoms with van der Waals surface area (Å²) in [6, 6.07) is 4.98. The van der Waals surface area contributed by atoms with E-state index >= 15 is 0 Å². The van der Waals surface area contributed by atoms with Crippen LogP contribution in [0.25, 0.3) is 0 Å². The van der Waals surface area contributed by atoms with Crippen molar-refractivity contribution in [3.8, 4) is 0 Å². The molecule has 2 rings (SSSR count). The summed E-state index contributed by atoms with van der Waals surface area (Å²) in [5.41, 5.74) is 6.16. The third-order valence-electron chi connectivity index (χ3n) is 3.70. The molecule has 0 bridgehead atoms. The molecule has 0 aromatic heterocycles. The molecule has 19 heavy (non-hydrogen) atoms. The van der Waals surface area contributed by atoms with Gasteiger partial charge in [0, 0.05) is 23.2 Å². The van der Waals surface area contributed by atoms with Crippen molar-refractivity contribution in [2.24, 2.45) is 0 Å². The summed E-state index contributed by atoms with van der Waals surface area (Å²) in [7, 11) is -1.82. The molecule has 0 saturated heterocycles. The second-order valence-electron chi connectivity index (χ2n) is 5.00. The molecular weight excluding hydrogens is 328 g/mol. The molecule has 0 radical (unpaired) electrons. The predicted molar refractivity (Wildman–Crippen MR) is 80.4 cm³/mol. The Morgan fingerprint density at radius 3 is 2.53 bits per heavy atom. The van der Waals surface area contributed by atoms with E-state index in [0.717, 1.165) is 25.7 Å². The van der Waals surface area contributed by atoms with E-state index < -0.39 is 10.0 Å². The molecular formula is C13H19BrN2O2S. The summed E-state index contributed by atoms with van der Waals surface area (Å²) >= 11 is 3.30. The molecule has 106 valence electrons. The molecule has 2 N–H and O–H groups in total. The summed E-state index contributed by atoms with van der Waals surface area (Å²) in [5, 5.41) is 0. The van der Waals surface area contributed by atoms with Crippen LogP contribution in [0, 0.1) is 0 Å². The summed E-state index contributed by atoms with van der Waals surface area (Å²) in [4.78, 5) is 0.251.